The third-order valence-corrected chi connectivity index (χ3v) is 2.06. The van der Waals surface area contributed by atoms with Crippen LogP contribution in [0.25, 0.3) is 0 Å². The predicted molar refractivity (Wildman–Crippen MR) is 48.0 cm³/mol. The monoisotopic (exact) mass is 197 g/mol. The maximum Gasteiger partial charge on any atom is 0.377 e. The Bertz CT molecular complexity index is 334. The van der Waals surface area contributed by atoms with Gasteiger partial charge in [-0.05, 0) is 18.4 Å². The molecule has 0 bridgehead atoms. The molecule has 0 radical (unpaired) electrons. The van der Waals surface area contributed by atoms with Gasteiger partial charge in [-0.25, -0.2) is 9.78 Å². The molecule has 0 atom stereocenters. The molecule has 0 aliphatic rings. The van der Waals surface area contributed by atoms with E-state index in [1.54, 1.807) is 6.07 Å². The maximum atomic E-state index is 10.9. The Morgan fingerprint density at radius 1 is 1.46 bits per heavy atom. The van der Waals surface area contributed by atoms with Crippen molar-refractivity contribution < 1.29 is 14.7 Å². The van der Waals surface area contributed by atoms with Gasteiger partial charge in [0.1, 0.15) is 0 Å². The molecule has 1 heterocycles. The van der Waals surface area contributed by atoms with Crippen molar-refractivity contribution in [1.29, 1.82) is 0 Å². The summed E-state index contributed by atoms with van der Waals surface area (Å²) in [6.45, 7) is 0. The first-order valence-corrected chi connectivity index (χ1v) is 4.65. The van der Waals surface area contributed by atoms with Gasteiger partial charge in [0, 0.05) is 11.8 Å². The average Bonchev–Trinajstić information content (AvgIpc) is 2.17. The second-order valence-corrected chi connectivity index (χ2v) is 3.05. The van der Waals surface area contributed by atoms with Crippen LogP contribution in [0.5, 0.6) is 0 Å². The summed E-state index contributed by atoms with van der Waals surface area (Å²) in [5.41, 5.74) is 0.102. The van der Waals surface area contributed by atoms with Crippen molar-refractivity contribution in [3.63, 3.8) is 0 Å². The van der Waals surface area contributed by atoms with E-state index < -0.39 is 11.8 Å². The van der Waals surface area contributed by atoms with Crippen molar-refractivity contribution in [2.24, 2.45) is 0 Å². The van der Waals surface area contributed by atoms with Crippen LogP contribution in [0, 0.1) is 0 Å². The van der Waals surface area contributed by atoms with E-state index in [1.165, 1.54) is 24.0 Å². The zero-order chi connectivity index (χ0) is 9.84. The van der Waals surface area contributed by atoms with Crippen LogP contribution in [0.15, 0.2) is 23.4 Å². The molecule has 68 valence electrons. The molecule has 0 spiro atoms. The Labute approximate surface area is 79.0 Å². The lowest BCUT2D eigenvalue weighted by Gasteiger charge is -1.96. The van der Waals surface area contributed by atoms with Crippen LogP contribution in [0.1, 0.15) is 10.4 Å². The van der Waals surface area contributed by atoms with Crippen molar-refractivity contribution in [2.75, 3.05) is 6.26 Å². The fraction of sp³-hybridized carbons (Fsp3) is 0.125. The summed E-state index contributed by atoms with van der Waals surface area (Å²) in [7, 11) is 0. The van der Waals surface area contributed by atoms with Gasteiger partial charge in [-0.2, -0.15) is 0 Å². The molecule has 5 heteroatoms. The zero-order valence-electron chi connectivity index (χ0n) is 6.85. The number of pyridine rings is 1. The van der Waals surface area contributed by atoms with Crippen molar-refractivity contribution in [2.45, 2.75) is 5.03 Å². The van der Waals surface area contributed by atoms with E-state index in [1.807, 2.05) is 6.26 Å². The molecule has 0 fully saturated rings. The van der Waals surface area contributed by atoms with E-state index in [0.29, 0.717) is 0 Å². The Balaban J connectivity index is 2.92. The molecule has 0 saturated heterocycles. The van der Waals surface area contributed by atoms with Crippen LogP contribution < -0.4 is 0 Å². The number of thioether (sulfide) groups is 1. The largest absolute Gasteiger partial charge is 0.475 e. The second kappa shape index (κ2) is 4.04. The van der Waals surface area contributed by atoms with E-state index in [0.717, 1.165) is 5.03 Å². The molecule has 0 aliphatic carbocycles. The molecule has 1 aromatic rings. The van der Waals surface area contributed by atoms with E-state index in [2.05, 4.69) is 4.98 Å². The SMILES string of the molecule is CSc1ccc(C(=O)C(=O)O)cn1. The third-order valence-electron chi connectivity index (χ3n) is 1.40. The van der Waals surface area contributed by atoms with Gasteiger partial charge < -0.3 is 5.11 Å². The fourth-order valence-corrected chi connectivity index (χ4v) is 1.12. The minimum atomic E-state index is -1.46. The number of carbonyl (C=O) groups excluding carboxylic acids is 1. The number of carboxylic acid groups (broad SMARTS) is 1. The first-order valence-electron chi connectivity index (χ1n) is 3.43. The number of Topliss-reactive ketones (excluding diaryl/α,β-unsaturated/α-hetero) is 1. The average molecular weight is 197 g/mol. The summed E-state index contributed by atoms with van der Waals surface area (Å²) in [6.07, 6.45) is 3.11. The van der Waals surface area contributed by atoms with Gasteiger partial charge >= 0.3 is 5.97 Å². The normalized spacial score (nSPS) is 9.62. The number of aliphatic carboxylic acids is 1. The number of ketones is 1. The second-order valence-electron chi connectivity index (χ2n) is 2.22. The molecule has 0 aromatic carbocycles. The molecule has 0 unspecified atom stereocenters. The van der Waals surface area contributed by atoms with Gasteiger partial charge in [-0.1, -0.05) is 0 Å². The Morgan fingerprint density at radius 2 is 2.15 bits per heavy atom. The van der Waals surface area contributed by atoms with Gasteiger partial charge in [0.05, 0.1) is 5.03 Å². The number of carboxylic acids is 1. The first kappa shape index (κ1) is 9.73. The number of rotatable bonds is 3. The van der Waals surface area contributed by atoms with Crippen molar-refractivity contribution in [3.05, 3.63) is 23.9 Å². The summed E-state index contributed by atoms with van der Waals surface area (Å²) >= 11 is 1.43. The molecule has 13 heavy (non-hydrogen) atoms. The highest BCUT2D eigenvalue weighted by Gasteiger charge is 2.14. The van der Waals surface area contributed by atoms with E-state index in [4.69, 9.17) is 5.11 Å². The highest BCUT2D eigenvalue weighted by Crippen LogP contribution is 2.11. The summed E-state index contributed by atoms with van der Waals surface area (Å²) in [5.74, 6) is -2.39. The zero-order valence-corrected chi connectivity index (χ0v) is 7.67. The third kappa shape index (κ3) is 2.29. The molecular weight excluding hydrogens is 190 g/mol. The van der Waals surface area contributed by atoms with Crippen LogP contribution in [0.4, 0.5) is 0 Å². The highest BCUT2D eigenvalue weighted by atomic mass is 32.2. The lowest BCUT2D eigenvalue weighted by Crippen LogP contribution is -2.12. The van der Waals surface area contributed by atoms with Crippen LogP contribution in [0.3, 0.4) is 0 Å². The fourth-order valence-electron chi connectivity index (χ4n) is 0.759. The van der Waals surface area contributed by atoms with E-state index in [9.17, 15) is 9.59 Å². The molecule has 4 nitrogen and oxygen atoms in total. The Morgan fingerprint density at radius 3 is 2.54 bits per heavy atom. The van der Waals surface area contributed by atoms with Gasteiger partial charge in [-0.3, -0.25) is 4.79 Å². The number of carbonyl (C=O) groups is 2. The number of hydrogen-bond acceptors (Lipinski definition) is 4. The van der Waals surface area contributed by atoms with Gasteiger partial charge in [0.15, 0.2) is 0 Å². The smallest absolute Gasteiger partial charge is 0.377 e. The summed E-state index contributed by atoms with van der Waals surface area (Å²) in [4.78, 5) is 25.0. The van der Waals surface area contributed by atoms with Crippen molar-refractivity contribution >= 4 is 23.5 Å². The lowest BCUT2D eigenvalue weighted by molar-refractivity contribution is -0.131. The van der Waals surface area contributed by atoms with Crippen LogP contribution >= 0.6 is 11.8 Å². The highest BCUT2D eigenvalue weighted by molar-refractivity contribution is 7.98. The van der Waals surface area contributed by atoms with Crippen molar-refractivity contribution in [1.82, 2.24) is 4.98 Å². The Hall–Kier alpha value is -1.36. The summed E-state index contributed by atoms with van der Waals surface area (Å²) in [5, 5.41) is 9.13. The molecule has 0 aliphatic heterocycles. The molecule has 1 N–H and O–H groups in total. The van der Waals surface area contributed by atoms with E-state index in [-0.39, 0.29) is 5.56 Å². The minimum absolute atomic E-state index is 0.102. The molecule has 0 saturated carbocycles. The molecular formula is C8H7NO3S. The first-order chi connectivity index (χ1) is 6.15. The van der Waals surface area contributed by atoms with Gasteiger partial charge in [-0.15, -0.1) is 11.8 Å². The topological polar surface area (TPSA) is 67.3 Å². The number of nitrogens with zero attached hydrogens (tertiary/aromatic N) is 1. The number of hydrogen-bond donors (Lipinski definition) is 1. The maximum absolute atomic E-state index is 10.9. The molecule has 1 aromatic heterocycles. The van der Waals surface area contributed by atoms with Crippen LogP contribution in [-0.2, 0) is 4.79 Å². The number of aromatic nitrogens is 1. The standard InChI is InChI=1S/C8H7NO3S/c1-13-6-3-2-5(4-9-6)7(10)8(11)12/h2-4H,1H3,(H,11,12). The Kier molecular flexibility index (Phi) is 3.02. The van der Waals surface area contributed by atoms with Gasteiger partial charge in [0.25, 0.3) is 5.78 Å². The molecule has 1 rings (SSSR count). The van der Waals surface area contributed by atoms with Crippen LogP contribution in [-0.4, -0.2) is 28.1 Å². The minimum Gasteiger partial charge on any atom is -0.475 e. The van der Waals surface area contributed by atoms with E-state index >= 15 is 0 Å². The van der Waals surface area contributed by atoms with Crippen molar-refractivity contribution in [3.8, 4) is 0 Å². The summed E-state index contributed by atoms with van der Waals surface area (Å²) in [6, 6.07) is 3.07. The lowest BCUT2D eigenvalue weighted by atomic mass is 10.2. The van der Waals surface area contributed by atoms with Gasteiger partial charge in [0.2, 0.25) is 0 Å². The predicted octanol–water partition coefficient (Wildman–Crippen LogP) is 1.07. The molecule has 0 amide bonds. The van der Waals surface area contributed by atoms with Crippen LogP contribution in [0.2, 0.25) is 0 Å². The quantitative estimate of drug-likeness (QED) is 0.446. The summed E-state index contributed by atoms with van der Waals surface area (Å²) < 4.78 is 0.